The van der Waals surface area contributed by atoms with Gasteiger partial charge in [-0.3, -0.25) is 4.68 Å². The van der Waals surface area contributed by atoms with E-state index in [4.69, 9.17) is 10.5 Å². The van der Waals surface area contributed by atoms with Gasteiger partial charge in [-0.25, -0.2) is 8.78 Å². The lowest BCUT2D eigenvalue weighted by Crippen LogP contribution is -1.95. The summed E-state index contributed by atoms with van der Waals surface area (Å²) in [5, 5.41) is 3.81. The molecule has 2 N–H and O–H groups in total. The van der Waals surface area contributed by atoms with E-state index in [1.54, 1.807) is 7.05 Å². The van der Waals surface area contributed by atoms with Crippen molar-refractivity contribution >= 4 is 5.69 Å². The number of hydrogen-bond donors (Lipinski definition) is 1. The highest BCUT2D eigenvalue weighted by molar-refractivity contribution is 5.45. The first kappa shape index (κ1) is 10.4. The molecule has 0 aliphatic rings. The first-order chi connectivity index (χ1) is 7.56. The van der Waals surface area contributed by atoms with Crippen LogP contribution in [0.4, 0.5) is 14.5 Å². The van der Waals surface area contributed by atoms with Gasteiger partial charge in [-0.2, -0.15) is 5.10 Å². The number of ether oxygens (including phenoxy) is 1. The summed E-state index contributed by atoms with van der Waals surface area (Å²) >= 11 is 0. The van der Waals surface area contributed by atoms with Crippen LogP contribution >= 0.6 is 0 Å². The van der Waals surface area contributed by atoms with Gasteiger partial charge in [0, 0.05) is 24.9 Å². The number of nitrogen functional groups attached to an aromatic ring is 1. The Morgan fingerprint density at radius 1 is 1.31 bits per heavy atom. The Morgan fingerprint density at radius 3 is 2.44 bits per heavy atom. The van der Waals surface area contributed by atoms with E-state index in [0.717, 1.165) is 12.1 Å². The van der Waals surface area contributed by atoms with E-state index in [2.05, 4.69) is 5.10 Å². The molecule has 0 amide bonds. The number of halogens is 2. The second-order valence-corrected chi connectivity index (χ2v) is 3.27. The molecule has 2 rings (SSSR count). The van der Waals surface area contributed by atoms with Crippen LogP contribution in [0.5, 0.6) is 11.5 Å². The second-order valence-electron chi connectivity index (χ2n) is 3.27. The van der Waals surface area contributed by atoms with Crippen molar-refractivity contribution in [2.24, 2.45) is 7.05 Å². The summed E-state index contributed by atoms with van der Waals surface area (Å²) in [4.78, 5) is 0. The summed E-state index contributed by atoms with van der Waals surface area (Å²) in [6.45, 7) is 0. The smallest absolute Gasteiger partial charge is 0.198 e. The molecule has 6 heteroatoms. The summed E-state index contributed by atoms with van der Waals surface area (Å²) in [5.41, 5.74) is 5.28. The van der Waals surface area contributed by atoms with E-state index in [0.29, 0.717) is 0 Å². The van der Waals surface area contributed by atoms with Crippen LogP contribution in [0.3, 0.4) is 0 Å². The lowest BCUT2D eigenvalue weighted by atomic mass is 10.3. The molecule has 1 aromatic carbocycles. The molecule has 0 unspecified atom stereocenters. The van der Waals surface area contributed by atoms with Crippen molar-refractivity contribution in [1.82, 2.24) is 9.78 Å². The Kier molecular flexibility index (Phi) is 2.47. The molecular weight excluding hydrogens is 216 g/mol. The minimum absolute atomic E-state index is 0.00790. The maximum absolute atomic E-state index is 13.3. The molecule has 2 aromatic rings. The minimum atomic E-state index is -0.846. The van der Waals surface area contributed by atoms with Crippen molar-refractivity contribution in [3.8, 4) is 11.5 Å². The second kappa shape index (κ2) is 3.80. The van der Waals surface area contributed by atoms with Crippen molar-refractivity contribution in [3.63, 3.8) is 0 Å². The molecule has 4 nitrogen and oxygen atoms in total. The van der Waals surface area contributed by atoms with Crippen LogP contribution in [0.25, 0.3) is 0 Å². The Hall–Kier alpha value is -2.11. The van der Waals surface area contributed by atoms with Crippen LogP contribution in [-0.2, 0) is 7.05 Å². The third-order valence-electron chi connectivity index (χ3n) is 1.92. The summed E-state index contributed by atoms with van der Waals surface area (Å²) < 4.78 is 33.2. The number of aryl methyl sites for hydroxylation is 1. The molecule has 0 fully saturated rings. The van der Waals surface area contributed by atoms with Gasteiger partial charge in [-0.05, 0) is 0 Å². The molecule has 84 valence electrons. The van der Waals surface area contributed by atoms with Crippen molar-refractivity contribution in [2.45, 2.75) is 0 Å². The van der Waals surface area contributed by atoms with Crippen LogP contribution < -0.4 is 10.5 Å². The van der Waals surface area contributed by atoms with Crippen molar-refractivity contribution in [3.05, 3.63) is 36.2 Å². The zero-order valence-corrected chi connectivity index (χ0v) is 8.45. The average Bonchev–Trinajstić information content (AvgIpc) is 2.58. The predicted molar refractivity (Wildman–Crippen MR) is 54.1 cm³/mol. The van der Waals surface area contributed by atoms with Crippen LogP contribution in [0.15, 0.2) is 24.5 Å². The standard InChI is InChI=1S/C10H9F2N3O/c1-15-5-7(4-14-15)16-10-8(11)2-6(13)3-9(10)12/h2-5H,13H2,1H3. The molecule has 1 aromatic heterocycles. The Balaban J connectivity index is 2.34. The van der Waals surface area contributed by atoms with Gasteiger partial charge in [-0.1, -0.05) is 0 Å². The fourth-order valence-electron chi connectivity index (χ4n) is 1.25. The Labute approximate surface area is 90.2 Å². The summed E-state index contributed by atoms with van der Waals surface area (Å²) in [6.07, 6.45) is 2.85. The van der Waals surface area contributed by atoms with E-state index >= 15 is 0 Å². The van der Waals surface area contributed by atoms with Gasteiger partial charge in [0.05, 0.1) is 12.4 Å². The SMILES string of the molecule is Cn1cc(Oc2c(F)cc(N)cc2F)cn1. The molecular formula is C10H9F2N3O. The topological polar surface area (TPSA) is 53.1 Å². The number of nitrogens with two attached hydrogens (primary N) is 1. The van der Waals surface area contributed by atoms with Crippen LogP contribution in [-0.4, -0.2) is 9.78 Å². The molecule has 0 bridgehead atoms. The number of rotatable bonds is 2. The number of hydrogen-bond acceptors (Lipinski definition) is 3. The number of anilines is 1. The van der Waals surface area contributed by atoms with Crippen molar-refractivity contribution in [2.75, 3.05) is 5.73 Å². The highest BCUT2D eigenvalue weighted by Gasteiger charge is 2.13. The van der Waals surface area contributed by atoms with Gasteiger partial charge in [0.1, 0.15) is 0 Å². The number of nitrogens with zero attached hydrogens (tertiary/aromatic N) is 2. The predicted octanol–water partition coefficient (Wildman–Crippen LogP) is 2.07. The third-order valence-corrected chi connectivity index (χ3v) is 1.92. The summed E-state index contributed by atoms with van der Waals surface area (Å²) in [7, 11) is 1.67. The summed E-state index contributed by atoms with van der Waals surface area (Å²) in [6, 6.07) is 1.99. The minimum Gasteiger partial charge on any atom is -0.448 e. The number of aromatic nitrogens is 2. The third kappa shape index (κ3) is 1.95. The fraction of sp³-hybridized carbons (Fsp3) is 0.100. The molecule has 16 heavy (non-hydrogen) atoms. The normalized spacial score (nSPS) is 10.4. The van der Waals surface area contributed by atoms with Crippen molar-refractivity contribution in [1.29, 1.82) is 0 Å². The lowest BCUT2D eigenvalue weighted by molar-refractivity contribution is 0.407. The first-order valence-electron chi connectivity index (χ1n) is 4.47. The largest absolute Gasteiger partial charge is 0.448 e. The molecule has 0 spiro atoms. The van der Waals surface area contributed by atoms with Crippen LogP contribution in [0.2, 0.25) is 0 Å². The van der Waals surface area contributed by atoms with E-state index in [1.165, 1.54) is 17.1 Å². The average molecular weight is 225 g/mol. The van der Waals surface area contributed by atoms with Gasteiger partial charge < -0.3 is 10.5 Å². The molecule has 0 radical (unpaired) electrons. The molecule has 1 heterocycles. The van der Waals surface area contributed by atoms with Gasteiger partial charge in [0.15, 0.2) is 23.1 Å². The zero-order valence-electron chi connectivity index (χ0n) is 8.45. The zero-order chi connectivity index (χ0) is 11.7. The molecule has 0 atom stereocenters. The van der Waals surface area contributed by atoms with Gasteiger partial charge in [0.2, 0.25) is 0 Å². The highest BCUT2D eigenvalue weighted by atomic mass is 19.1. The van der Waals surface area contributed by atoms with E-state index in [9.17, 15) is 8.78 Å². The van der Waals surface area contributed by atoms with Gasteiger partial charge >= 0.3 is 0 Å². The first-order valence-corrected chi connectivity index (χ1v) is 4.47. The monoisotopic (exact) mass is 225 g/mol. The molecule has 0 saturated carbocycles. The molecule has 0 aliphatic carbocycles. The molecule has 0 aliphatic heterocycles. The van der Waals surface area contributed by atoms with Crippen molar-refractivity contribution < 1.29 is 13.5 Å². The maximum atomic E-state index is 13.3. The molecule has 0 saturated heterocycles. The van der Waals surface area contributed by atoms with Crippen LogP contribution in [0.1, 0.15) is 0 Å². The Morgan fingerprint density at radius 2 is 1.94 bits per heavy atom. The number of benzene rings is 1. The van der Waals surface area contributed by atoms with Crippen LogP contribution in [0, 0.1) is 11.6 Å². The van der Waals surface area contributed by atoms with Gasteiger partial charge in [0.25, 0.3) is 0 Å². The highest BCUT2D eigenvalue weighted by Crippen LogP contribution is 2.28. The van der Waals surface area contributed by atoms with E-state index in [-0.39, 0.29) is 11.4 Å². The van der Waals surface area contributed by atoms with E-state index < -0.39 is 17.4 Å². The van der Waals surface area contributed by atoms with Gasteiger partial charge in [-0.15, -0.1) is 0 Å². The fourth-order valence-corrected chi connectivity index (χ4v) is 1.25. The van der Waals surface area contributed by atoms with E-state index in [1.807, 2.05) is 0 Å². The quantitative estimate of drug-likeness (QED) is 0.796. The maximum Gasteiger partial charge on any atom is 0.198 e. The lowest BCUT2D eigenvalue weighted by Gasteiger charge is -2.06. The Bertz CT molecular complexity index is 502. The summed E-state index contributed by atoms with van der Waals surface area (Å²) in [5.74, 6) is -1.92.